The van der Waals surface area contributed by atoms with Crippen LogP contribution < -0.4 is 0 Å². The van der Waals surface area contributed by atoms with Crippen LogP contribution >= 0.6 is 0 Å². The number of hydrogen-bond donors (Lipinski definition) is 0. The fourth-order valence-corrected chi connectivity index (χ4v) is 7.73. The maximum absolute atomic E-state index is 13.9. The van der Waals surface area contributed by atoms with Gasteiger partial charge >= 0.3 is 0 Å². The van der Waals surface area contributed by atoms with Crippen molar-refractivity contribution in [2.45, 2.75) is 57.5 Å². The lowest BCUT2D eigenvalue weighted by molar-refractivity contribution is -0.117. The number of allylic oxidation sites excluding steroid dienone is 4. The van der Waals surface area contributed by atoms with Crippen LogP contribution in [0.25, 0.3) is 21.7 Å². The Kier molecular flexibility index (Phi) is 6.36. The molecule has 0 spiro atoms. The van der Waals surface area contributed by atoms with E-state index >= 15 is 0 Å². The molecular formula is C39H34N2O2. The van der Waals surface area contributed by atoms with E-state index in [2.05, 4.69) is 107 Å². The van der Waals surface area contributed by atoms with Crippen molar-refractivity contribution in [3.05, 3.63) is 142 Å². The van der Waals surface area contributed by atoms with Crippen LogP contribution in [0.3, 0.4) is 0 Å². The van der Waals surface area contributed by atoms with Gasteiger partial charge in [-0.15, -0.1) is 0 Å². The number of hydrogen-bond acceptors (Lipinski definition) is 3. The van der Waals surface area contributed by atoms with Crippen molar-refractivity contribution in [3.8, 4) is 0 Å². The van der Waals surface area contributed by atoms with Crippen LogP contribution in [0, 0.1) is 0 Å². The molecule has 0 saturated carbocycles. The van der Waals surface area contributed by atoms with Crippen molar-refractivity contribution in [2.24, 2.45) is 0 Å². The molecule has 2 aliphatic carbocycles. The topological polar surface area (TPSA) is 42.3 Å². The molecule has 4 aromatic carbocycles. The average molecular weight is 563 g/mol. The van der Waals surface area contributed by atoms with Gasteiger partial charge in [-0.25, -0.2) is 0 Å². The molecule has 3 aliphatic rings. The maximum Gasteiger partial charge on any atom is 0.161 e. The van der Waals surface area contributed by atoms with Gasteiger partial charge in [-0.2, -0.15) is 0 Å². The molecule has 1 aliphatic heterocycles. The minimum absolute atomic E-state index is 0.195. The maximum atomic E-state index is 13.9. The van der Waals surface area contributed by atoms with Crippen molar-refractivity contribution in [1.29, 1.82) is 0 Å². The summed E-state index contributed by atoms with van der Waals surface area (Å²) in [6.45, 7) is 1.41. The lowest BCUT2D eigenvalue weighted by Gasteiger charge is -2.44. The molecule has 0 atom stereocenters. The minimum Gasteiger partial charge on any atom is -0.343 e. The predicted octanol–water partition coefficient (Wildman–Crippen LogP) is 8.46. The number of carbonyl (C=O) groups is 2. The smallest absolute Gasteiger partial charge is 0.161 e. The summed E-state index contributed by atoms with van der Waals surface area (Å²) < 4.78 is 2.32. The van der Waals surface area contributed by atoms with Gasteiger partial charge in [0.15, 0.2) is 11.6 Å². The van der Waals surface area contributed by atoms with Gasteiger partial charge in [-0.1, -0.05) is 91.0 Å². The molecule has 1 aromatic heterocycles. The molecule has 0 unspecified atom stereocenters. The average Bonchev–Trinajstić information content (AvgIpc) is 3.40. The third-order valence-corrected chi connectivity index (χ3v) is 9.62. The summed E-state index contributed by atoms with van der Waals surface area (Å²) in [5.74, 6) is 0.0662. The fourth-order valence-electron chi connectivity index (χ4n) is 7.73. The van der Waals surface area contributed by atoms with E-state index in [1.54, 1.807) is 0 Å². The van der Waals surface area contributed by atoms with Gasteiger partial charge in [0.25, 0.3) is 0 Å². The highest BCUT2D eigenvalue weighted by atomic mass is 16.1. The SMILES string of the molecule is O=C1CCCC2=C1C(c1cn(Cc3cccc4ccccc34)c3ccccc13)C1=C(CCCC1=O)N2Cc1ccccc1. The third-order valence-electron chi connectivity index (χ3n) is 9.62. The molecule has 0 N–H and O–H groups in total. The molecule has 2 heterocycles. The summed E-state index contributed by atoms with van der Waals surface area (Å²) in [5.41, 5.74) is 8.63. The van der Waals surface area contributed by atoms with E-state index in [9.17, 15) is 9.59 Å². The lowest BCUT2D eigenvalue weighted by Crippen LogP contribution is -2.38. The molecule has 0 amide bonds. The summed E-state index contributed by atoms with van der Waals surface area (Å²) in [5, 5.41) is 3.60. The summed E-state index contributed by atoms with van der Waals surface area (Å²) in [7, 11) is 0. The van der Waals surface area contributed by atoms with Gasteiger partial charge in [0.2, 0.25) is 0 Å². The van der Waals surface area contributed by atoms with Crippen LogP contribution in [-0.2, 0) is 22.7 Å². The molecule has 0 saturated heterocycles. The Hall–Kier alpha value is -4.70. The van der Waals surface area contributed by atoms with Crippen LogP contribution in [0.4, 0.5) is 0 Å². The zero-order chi connectivity index (χ0) is 28.9. The second kappa shape index (κ2) is 10.5. The quantitative estimate of drug-likeness (QED) is 0.216. The zero-order valence-corrected chi connectivity index (χ0v) is 24.3. The number of fused-ring (bicyclic) bond motifs is 2. The van der Waals surface area contributed by atoms with Crippen LogP contribution in [0.5, 0.6) is 0 Å². The Balaban J connectivity index is 1.32. The van der Waals surface area contributed by atoms with Crippen molar-refractivity contribution in [3.63, 3.8) is 0 Å². The van der Waals surface area contributed by atoms with E-state index in [-0.39, 0.29) is 17.5 Å². The molecule has 212 valence electrons. The first-order chi connectivity index (χ1) is 21.2. The highest BCUT2D eigenvalue weighted by molar-refractivity contribution is 6.07. The molecule has 4 heteroatoms. The monoisotopic (exact) mass is 562 g/mol. The Morgan fingerprint density at radius 2 is 1.23 bits per heavy atom. The van der Waals surface area contributed by atoms with Crippen molar-refractivity contribution in [1.82, 2.24) is 9.47 Å². The fraction of sp³-hybridized carbons (Fsp3) is 0.231. The van der Waals surface area contributed by atoms with Crippen molar-refractivity contribution >= 4 is 33.2 Å². The van der Waals surface area contributed by atoms with Gasteiger partial charge < -0.3 is 9.47 Å². The van der Waals surface area contributed by atoms with Crippen LogP contribution in [0.2, 0.25) is 0 Å². The minimum atomic E-state index is -0.323. The Morgan fingerprint density at radius 3 is 1.98 bits per heavy atom. The van der Waals surface area contributed by atoms with Gasteiger partial charge in [0.05, 0.1) is 0 Å². The van der Waals surface area contributed by atoms with Crippen LogP contribution in [0.15, 0.2) is 126 Å². The molecule has 5 aromatic rings. The molecule has 8 rings (SSSR count). The first-order valence-corrected chi connectivity index (χ1v) is 15.6. The number of Topliss-reactive ketones (excluding diaryl/α,β-unsaturated/α-hetero) is 2. The molecule has 0 bridgehead atoms. The number of nitrogens with zero attached hydrogens (tertiary/aromatic N) is 2. The zero-order valence-electron chi connectivity index (χ0n) is 24.3. The summed E-state index contributed by atoms with van der Waals surface area (Å²) in [6.07, 6.45) is 6.76. The Labute approximate surface area is 251 Å². The standard InChI is InChI=1S/C39H34N2O2/c42-35-21-9-19-33-38(35)37(39-34(20-10-22-36(39)43)41(33)23-26-11-2-1-3-12-26)31-25-40(32-18-7-6-17-30(31)32)24-28-15-8-14-27-13-4-5-16-29(27)28/h1-8,11-18,25,37H,9-10,19-24H2. The normalized spacial score (nSPS) is 17.6. The Morgan fingerprint density at radius 1 is 0.605 bits per heavy atom. The first kappa shape index (κ1) is 26.0. The number of aromatic nitrogens is 1. The molecule has 43 heavy (non-hydrogen) atoms. The lowest BCUT2D eigenvalue weighted by atomic mass is 9.71. The van der Waals surface area contributed by atoms with Crippen molar-refractivity contribution < 1.29 is 9.59 Å². The second-order valence-electron chi connectivity index (χ2n) is 12.1. The highest BCUT2D eigenvalue weighted by Gasteiger charge is 2.44. The number of benzene rings is 4. The number of rotatable bonds is 5. The number of carbonyl (C=O) groups excluding carboxylic acids is 2. The van der Waals surface area contributed by atoms with Gasteiger partial charge in [-0.3, -0.25) is 9.59 Å². The van der Waals surface area contributed by atoms with Crippen LogP contribution in [0.1, 0.15) is 61.1 Å². The van der Waals surface area contributed by atoms with Crippen molar-refractivity contribution in [2.75, 3.05) is 0 Å². The van der Waals surface area contributed by atoms with E-state index in [0.717, 1.165) is 64.7 Å². The first-order valence-electron chi connectivity index (χ1n) is 15.6. The Bertz CT molecular complexity index is 1930. The predicted molar refractivity (Wildman–Crippen MR) is 171 cm³/mol. The molecule has 0 fully saturated rings. The third kappa shape index (κ3) is 4.36. The second-order valence-corrected chi connectivity index (χ2v) is 12.1. The van der Waals surface area contributed by atoms with Gasteiger partial charge in [0.1, 0.15) is 0 Å². The van der Waals surface area contributed by atoms with Gasteiger partial charge in [-0.05, 0) is 59.2 Å². The van der Waals surface area contributed by atoms with E-state index in [1.807, 2.05) is 6.07 Å². The van der Waals surface area contributed by atoms with E-state index in [4.69, 9.17) is 0 Å². The van der Waals surface area contributed by atoms with E-state index in [0.29, 0.717) is 25.9 Å². The molecule has 0 radical (unpaired) electrons. The summed E-state index contributed by atoms with van der Waals surface area (Å²) >= 11 is 0. The van der Waals surface area contributed by atoms with E-state index < -0.39 is 0 Å². The van der Waals surface area contributed by atoms with Crippen LogP contribution in [-0.4, -0.2) is 21.0 Å². The van der Waals surface area contributed by atoms with E-state index in [1.165, 1.54) is 21.9 Å². The highest BCUT2D eigenvalue weighted by Crippen LogP contribution is 2.51. The number of para-hydroxylation sites is 1. The largest absolute Gasteiger partial charge is 0.343 e. The summed E-state index contributed by atoms with van der Waals surface area (Å²) in [4.78, 5) is 30.2. The summed E-state index contributed by atoms with van der Waals surface area (Å²) in [6, 6.07) is 34.0. The molecular weight excluding hydrogens is 528 g/mol. The van der Waals surface area contributed by atoms with Gasteiger partial charge in [0, 0.05) is 71.5 Å². The number of ketones is 2. The molecule has 4 nitrogen and oxygen atoms in total.